The molecule has 1 heterocycles. The molecule has 0 saturated heterocycles. The lowest BCUT2D eigenvalue weighted by atomic mass is 10.1. The number of carbonyl (C=O) groups is 1. The first kappa shape index (κ1) is 17.0. The Kier molecular flexibility index (Phi) is 5.33. The molecule has 122 valence electrons. The normalized spacial score (nSPS) is 12.4. The van der Waals surface area contributed by atoms with Crippen molar-refractivity contribution in [3.8, 4) is 0 Å². The molecule has 6 nitrogen and oxygen atoms in total. The maximum atomic E-state index is 11.9. The number of rotatable bonds is 5. The first-order valence-electron chi connectivity index (χ1n) is 7.09. The molecule has 2 rings (SSSR count). The molecule has 0 aliphatic heterocycles. The van der Waals surface area contributed by atoms with Crippen molar-refractivity contribution in [3.05, 3.63) is 59.9 Å². The molecule has 1 unspecified atom stereocenters. The summed E-state index contributed by atoms with van der Waals surface area (Å²) in [6, 6.07) is 9.60. The molecule has 0 spiro atoms. The van der Waals surface area contributed by atoms with E-state index in [0.29, 0.717) is 6.54 Å². The zero-order valence-corrected chi connectivity index (χ0v) is 13.8. The monoisotopic (exact) mass is 333 g/mol. The van der Waals surface area contributed by atoms with E-state index in [0.717, 1.165) is 17.4 Å². The number of amides is 2. The van der Waals surface area contributed by atoms with Crippen LogP contribution < -0.4 is 10.6 Å². The van der Waals surface area contributed by atoms with Gasteiger partial charge in [-0.15, -0.1) is 0 Å². The minimum Gasteiger partial charge on any atom is -0.334 e. The van der Waals surface area contributed by atoms with Gasteiger partial charge in [-0.05, 0) is 42.3 Å². The van der Waals surface area contributed by atoms with Crippen molar-refractivity contribution in [3.63, 3.8) is 0 Å². The first-order valence-corrected chi connectivity index (χ1v) is 8.98. The van der Waals surface area contributed by atoms with Crippen LogP contribution in [0.5, 0.6) is 0 Å². The van der Waals surface area contributed by atoms with E-state index in [9.17, 15) is 13.2 Å². The fourth-order valence-corrected chi connectivity index (χ4v) is 2.65. The molecule has 1 atom stereocenters. The summed E-state index contributed by atoms with van der Waals surface area (Å²) in [7, 11) is -3.21. The molecule has 2 amide bonds. The summed E-state index contributed by atoms with van der Waals surface area (Å²) in [6.45, 7) is 2.25. The molecule has 0 aliphatic carbocycles. The highest BCUT2D eigenvalue weighted by molar-refractivity contribution is 7.90. The van der Waals surface area contributed by atoms with Crippen LogP contribution in [0.15, 0.2) is 53.7 Å². The lowest BCUT2D eigenvalue weighted by Crippen LogP contribution is -2.36. The van der Waals surface area contributed by atoms with E-state index in [-0.39, 0.29) is 17.0 Å². The van der Waals surface area contributed by atoms with Gasteiger partial charge in [0.05, 0.1) is 10.9 Å². The van der Waals surface area contributed by atoms with Crippen LogP contribution in [0.3, 0.4) is 0 Å². The third-order valence-corrected chi connectivity index (χ3v) is 4.49. The highest BCUT2D eigenvalue weighted by Gasteiger charge is 2.11. The largest absolute Gasteiger partial charge is 0.334 e. The standard InChI is InChI=1S/C16H19N3O3S/c1-12(14-3-5-15(6-4-14)23(2,21)22)19-16(20)18-11-13-7-9-17-10-8-13/h3-10,12H,11H2,1-2H3,(H2,18,19,20). The molecule has 2 aromatic rings. The van der Waals surface area contributed by atoms with Crippen LogP contribution in [0.4, 0.5) is 4.79 Å². The summed E-state index contributed by atoms with van der Waals surface area (Å²) in [5.74, 6) is 0. The molecular formula is C16H19N3O3S. The van der Waals surface area contributed by atoms with E-state index >= 15 is 0 Å². The SMILES string of the molecule is CC(NC(=O)NCc1ccncc1)c1ccc(S(C)(=O)=O)cc1. The van der Waals surface area contributed by atoms with Gasteiger partial charge in [0.2, 0.25) is 0 Å². The zero-order valence-electron chi connectivity index (χ0n) is 13.0. The fraction of sp³-hybridized carbons (Fsp3) is 0.250. The first-order chi connectivity index (χ1) is 10.9. The van der Waals surface area contributed by atoms with E-state index < -0.39 is 9.84 Å². The van der Waals surface area contributed by atoms with Crippen LogP contribution in [-0.2, 0) is 16.4 Å². The smallest absolute Gasteiger partial charge is 0.315 e. The number of hydrogen-bond donors (Lipinski definition) is 2. The zero-order chi connectivity index (χ0) is 16.9. The van der Waals surface area contributed by atoms with Crippen LogP contribution in [-0.4, -0.2) is 25.7 Å². The van der Waals surface area contributed by atoms with Gasteiger partial charge in [0.15, 0.2) is 9.84 Å². The Morgan fingerprint density at radius 3 is 2.30 bits per heavy atom. The van der Waals surface area contributed by atoms with Gasteiger partial charge in [0.25, 0.3) is 0 Å². The molecule has 0 aliphatic rings. The number of benzene rings is 1. The van der Waals surface area contributed by atoms with Gasteiger partial charge in [-0.25, -0.2) is 13.2 Å². The van der Waals surface area contributed by atoms with Crippen molar-refractivity contribution >= 4 is 15.9 Å². The third-order valence-electron chi connectivity index (χ3n) is 3.36. The number of hydrogen-bond acceptors (Lipinski definition) is 4. The minimum absolute atomic E-state index is 0.235. The van der Waals surface area contributed by atoms with E-state index in [2.05, 4.69) is 15.6 Å². The Labute approximate surface area is 135 Å². The Hall–Kier alpha value is -2.41. The molecular weight excluding hydrogens is 314 g/mol. The summed E-state index contributed by atoms with van der Waals surface area (Å²) in [4.78, 5) is 16.1. The number of nitrogens with one attached hydrogen (secondary N) is 2. The molecule has 23 heavy (non-hydrogen) atoms. The Morgan fingerprint density at radius 1 is 1.13 bits per heavy atom. The third kappa shape index (κ3) is 5.07. The molecule has 0 radical (unpaired) electrons. The number of carbonyl (C=O) groups excluding carboxylic acids is 1. The lowest BCUT2D eigenvalue weighted by molar-refractivity contribution is 0.237. The van der Waals surface area contributed by atoms with Gasteiger partial charge >= 0.3 is 6.03 Å². The highest BCUT2D eigenvalue weighted by atomic mass is 32.2. The Morgan fingerprint density at radius 2 is 1.74 bits per heavy atom. The topological polar surface area (TPSA) is 88.2 Å². The van der Waals surface area contributed by atoms with Crippen molar-refractivity contribution in [1.82, 2.24) is 15.6 Å². The fourth-order valence-electron chi connectivity index (χ4n) is 2.02. The molecule has 0 fully saturated rings. The molecule has 7 heteroatoms. The minimum atomic E-state index is -3.21. The maximum absolute atomic E-state index is 11.9. The number of urea groups is 1. The Bertz CT molecular complexity index is 759. The summed E-state index contributed by atoms with van der Waals surface area (Å²) in [6.07, 6.45) is 4.50. The maximum Gasteiger partial charge on any atom is 0.315 e. The summed E-state index contributed by atoms with van der Waals surface area (Å²) >= 11 is 0. The number of sulfone groups is 1. The van der Waals surface area contributed by atoms with Gasteiger partial charge in [0, 0.05) is 25.2 Å². The van der Waals surface area contributed by atoms with E-state index in [1.165, 1.54) is 12.1 Å². The van der Waals surface area contributed by atoms with Crippen LogP contribution in [0.1, 0.15) is 24.1 Å². The molecule has 0 saturated carbocycles. The van der Waals surface area contributed by atoms with Crippen LogP contribution in [0.25, 0.3) is 0 Å². The van der Waals surface area contributed by atoms with Crippen molar-refractivity contribution in [2.45, 2.75) is 24.4 Å². The van der Waals surface area contributed by atoms with Crippen molar-refractivity contribution in [2.24, 2.45) is 0 Å². The quantitative estimate of drug-likeness (QED) is 0.876. The van der Waals surface area contributed by atoms with E-state index in [1.807, 2.05) is 19.1 Å². The van der Waals surface area contributed by atoms with Gasteiger partial charge in [-0.3, -0.25) is 4.98 Å². The summed E-state index contributed by atoms with van der Waals surface area (Å²) in [5.41, 5.74) is 1.79. The molecule has 1 aromatic carbocycles. The molecule has 2 N–H and O–H groups in total. The highest BCUT2D eigenvalue weighted by Crippen LogP contribution is 2.16. The average molecular weight is 333 g/mol. The number of pyridine rings is 1. The van der Waals surface area contributed by atoms with Gasteiger partial charge in [0.1, 0.15) is 0 Å². The van der Waals surface area contributed by atoms with E-state index in [1.54, 1.807) is 24.5 Å². The second-order valence-electron chi connectivity index (χ2n) is 5.25. The van der Waals surface area contributed by atoms with E-state index in [4.69, 9.17) is 0 Å². The predicted octanol–water partition coefficient (Wildman–Crippen LogP) is 2.05. The van der Waals surface area contributed by atoms with Crippen molar-refractivity contribution < 1.29 is 13.2 Å². The predicted molar refractivity (Wildman–Crippen MR) is 87.6 cm³/mol. The number of nitrogens with zero attached hydrogens (tertiary/aromatic N) is 1. The second-order valence-corrected chi connectivity index (χ2v) is 7.26. The van der Waals surface area contributed by atoms with Gasteiger partial charge < -0.3 is 10.6 Å². The van der Waals surface area contributed by atoms with Crippen LogP contribution in [0, 0.1) is 0 Å². The van der Waals surface area contributed by atoms with Crippen LogP contribution in [0.2, 0.25) is 0 Å². The summed E-state index contributed by atoms with van der Waals surface area (Å²) in [5, 5.41) is 5.57. The Balaban J connectivity index is 1.90. The second kappa shape index (κ2) is 7.23. The average Bonchev–Trinajstić information content (AvgIpc) is 2.53. The van der Waals surface area contributed by atoms with Gasteiger partial charge in [-0.2, -0.15) is 0 Å². The lowest BCUT2D eigenvalue weighted by Gasteiger charge is -2.15. The summed E-state index contributed by atoms with van der Waals surface area (Å²) < 4.78 is 22.9. The van der Waals surface area contributed by atoms with Crippen molar-refractivity contribution in [2.75, 3.05) is 6.26 Å². The van der Waals surface area contributed by atoms with Gasteiger partial charge in [-0.1, -0.05) is 12.1 Å². The number of aromatic nitrogens is 1. The van der Waals surface area contributed by atoms with Crippen LogP contribution >= 0.6 is 0 Å². The van der Waals surface area contributed by atoms with Crippen molar-refractivity contribution in [1.29, 1.82) is 0 Å². The molecule has 0 bridgehead atoms. The molecule has 1 aromatic heterocycles.